The zero-order valence-corrected chi connectivity index (χ0v) is 17.0. The zero-order valence-electron chi connectivity index (χ0n) is 17.0. The number of nitrogens with one attached hydrogen (secondary N) is 1. The third-order valence-electron chi connectivity index (χ3n) is 7.97. The van der Waals surface area contributed by atoms with Crippen molar-refractivity contribution in [1.29, 1.82) is 0 Å². The lowest BCUT2D eigenvalue weighted by atomic mass is 9.49. The Bertz CT molecular complexity index is 755. The van der Waals surface area contributed by atoms with Gasteiger partial charge in [0.15, 0.2) is 0 Å². The van der Waals surface area contributed by atoms with Crippen molar-refractivity contribution >= 4 is 11.8 Å². The van der Waals surface area contributed by atoms with Crippen LogP contribution in [0.25, 0.3) is 0 Å². The van der Waals surface area contributed by atoms with Crippen molar-refractivity contribution in [2.24, 2.45) is 29.1 Å². The molecule has 0 aromatic heterocycles. The molecule has 4 aliphatic carbocycles. The average Bonchev–Trinajstić information content (AvgIpc) is 2.71. The highest BCUT2D eigenvalue weighted by atomic mass is 19.1. The molecule has 156 valence electrons. The highest BCUT2D eigenvalue weighted by molar-refractivity contribution is 5.94. The standard InChI is InChI=1S/C24H31FN2O2/c25-21-5-3-19(4-6-21)23(29)27-7-1-2-20(14-27)22(28)26-15-24-11-16-8-17(12-24)10-18(9-16)13-24/h3-6,16-18,20H,1-2,7-15H2,(H,26,28). The summed E-state index contributed by atoms with van der Waals surface area (Å²) >= 11 is 0. The Labute approximate surface area is 172 Å². The normalized spacial score (nSPS) is 35.6. The van der Waals surface area contributed by atoms with Crippen LogP contribution >= 0.6 is 0 Å². The Balaban J connectivity index is 1.18. The first-order chi connectivity index (χ1) is 14.0. The number of carbonyl (C=O) groups is 2. The summed E-state index contributed by atoms with van der Waals surface area (Å²) in [5.74, 6) is 2.18. The lowest BCUT2D eigenvalue weighted by molar-refractivity contribution is -0.128. The van der Waals surface area contributed by atoms with Crippen molar-refractivity contribution in [1.82, 2.24) is 10.2 Å². The number of carbonyl (C=O) groups excluding carboxylic acids is 2. The van der Waals surface area contributed by atoms with Gasteiger partial charge in [-0.2, -0.15) is 0 Å². The molecule has 1 unspecified atom stereocenters. The number of benzene rings is 1. The van der Waals surface area contributed by atoms with Crippen LogP contribution < -0.4 is 5.32 Å². The van der Waals surface area contributed by atoms with Gasteiger partial charge in [-0.15, -0.1) is 0 Å². The van der Waals surface area contributed by atoms with Crippen LogP contribution in [0.5, 0.6) is 0 Å². The lowest BCUT2D eigenvalue weighted by Gasteiger charge is -2.57. The summed E-state index contributed by atoms with van der Waals surface area (Å²) in [6.07, 6.45) is 9.78. The maximum atomic E-state index is 13.1. The van der Waals surface area contributed by atoms with E-state index in [1.165, 1.54) is 62.8 Å². The van der Waals surface area contributed by atoms with E-state index >= 15 is 0 Å². The number of rotatable bonds is 4. The zero-order chi connectivity index (χ0) is 20.0. The van der Waals surface area contributed by atoms with E-state index in [1.807, 2.05) is 0 Å². The maximum absolute atomic E-state index is 13.1. The van der Waals surface area contributed by atoms with E-state index in [1.54, 1.807) is 4.90 Å². The molecule has 1 aromatic carbocycles. The highest BCUT2D eigenvalue weighted by Gasteiger charge is 2.50. The molecule has 1 aliphatic heterocycles. The molecule has 1 aromatic rings. The third-order valence-corrected chi connectivity index (χ3v) is 7.97. The van der Waals surface area contributed by atoms with Gasteiger partial charge in [-0.3, -0.25) is 9.59 Å². The first-order valence-corrected chi connectivity index (χ1v) is 11.3. The molecule has 5 aliphatic rings. The van der Waals surface area contributed by atoms with Crippen LogP contribution in [0.4, 0.5) is 4.39 Å². The second kappa shape index (κ2) is 7.41. The topological polar surface area (TPSA) is 49.4 Å². The summed E-state index contributed by atoms with van der Waals surface area (Å²) in [6, 6.07) is 5.67. The summed E-state index contributed by atoms with van der Waals surface area (Å²) in [7, 11) is 0. The smallest absolute Gasteiger partial charge is 0.253 e. The van der Waals surface area contributed by atoms with Crippen molar-refractivity contribution in [3.05, 3.63) is 35.6 Å². The molecular weight excluding hydrogens is 367 g/mol. The highest BCUT2D eigenvalue weighted by Crippen LogP contribution is 2.59. The van der Waals surface area contributed by atoms with E-state index in [0.717, 1.165) is 37.1 Å². The number of piperidine rings is 1. The van der Waals surface area contributed by atoms with Crippen LogP contribution in [0, 0.1) is 34.9 Å². The molecule has 2 amide bonds. The summed E-state index contributed by atoms with van der Waals surface area (Å²) in [5, 5.41) is 3.29. The second-order valence-corrected chi connectivity index (χ2v) is 10.2. The minimum Gasteiger partial charge on any atom is -0.355 e. The fourth-order valence-electron chi connectivity index (χ4n) is 7.08. The van der Waals surface area contributed by atoms with E-state index in [4.69, 9.17) is 0 Å². The predicted molar refractivity (Wildman–Crippen MR) is 109 cm³/mol. The van der Waals surface area contributed by atoms with Gasteiger partial charge in [0.05, 0.1) is 5.92 Å². The van der Waals surface area contributed by atoms with E-state index in [2.05, 4.69) is 5.32 Å². The predicted octanol–water partition coefficient (Wildman–Crippen LogP) is 4.01. The summed E-state index contributed by atoms with van der Waals surface area (Å²) in [4.78, 5) is 27.4. The van der Waals surface area contributed by atoms with Gasteiger partial charge in [0, 0.05) is 25.2 Å². The van der Waals surface area contributed by atoms with Crippen LogP contribution in [0.1, 0.15) is 61.7 Å². The Hall–Kier alpha value is -1.91. The molecule has 1 atom stereocenters. The monoisotopic (exact) mass is 398 g/mol. The number of nitrogens with zero attached hydrogens (tertiary/aromatic N) is 1. The summed E-state index contributed by atoms with van der Waals surface area (Å²) in [5.41, 5.74) is 0.823. The van der Waals surface area contributed by atoms with Crippen molar-refractivity contribution in [3.8, 4) is 0 Å². The SMILES string of the molecule is O=C(NCC12CC3CC(CC(C3)C1)C2)C1CCCN(C(=O)c2ccc(F)cc2)C1. The van der Waals surface area contributed by atoms with E-state index in [-0.39, 0.29) is 23.5 Å². The Morgan fingerprint density at radius 2 is 1.66 bits per heavy atom. The lowest BCUT2D eigenvalue weighted by Crippen LogP contribution is -2.52. The van der Waals surface area contributed by atoms with Gasteiger partial charge in [0.2, 0.25) is 5.91 Å². The molecule has 29 heavy (non-hydrogen) atoms. The molecule has 0 radical (unpaired) electrons. The quantitative estimate of drug-likeness (QED) is 0.833. The molecule has 4 nitrogen and oxygen atoms in total. The van der Waals surface area contributed by atoms with Gasteiger partial charge in [0.25, 0.3) is 5.91 Å². The third kappa shape index (κ3) is 3.80. The Morgan fingerprint density at radius 1 is 1.03 bits per heavy atom. The first kappa shape index (κ1) is 19.1. The van der Waals surface area contributed by atoms with E-state index in [9.17, 15) is 14.0 Å². The van der Waals surface area contributed by atoms with E-state index < -0.39 is 0 Å². The van der Waals surface area contributed by atoms with Crippen molar-refractivity contribution in [2.45, 2.75) is 51.4 Å². The largest absolute Gasteiger partial charge is 0.355 e. The maximum Gasteiger partial charge on any atom is 0.253 e. The molecule has 5 heteroatoms. The average molecular weight is 399 g/mol. The molecule has 4 bridgehead atoms. The van der Waals surface area contributed by atoms with Gasteiger partial charge in [-0.25, -0.2) is 4.39 Å². The van der Waals surface area contributed by atoms with Crippen LogP contribution in [0.15, 0.2) is 24.3 Å². The molecule has 5 fully saturated rings. The molecule has 0 spiro atoms. The van der Waals surface area contributed by atoms with Crippen LogP contribution in [0.3, 0.4) is 0 Å². The van der Waals surface area contributed by atoms with Gasteiger partial charge in [-0.1, -0.05) is 0 Å². The number of likely N-dealkylation sites (tertiary alicyclic amines) is 1. The summed E-state index contributed by atoms with van der Waals surface area (Å²) < 4.78 is 13.1. The van der Waals surface area contributed by atoms with Gasteiger partial charge in [-0.05, 0) is 98.8 Å². The van der Waals surface area contributed by atoms with Gasteiger partial charge >= 0.3 is 0 Å². The number of hydrogen-bond donors (Lipinski definition) is 1. The Morgan fingerprint density at radius 3 is 2.28 bits per heavy atom. The van der Waals surface area contributed by atoms with E-state index in [0.29, 0.717) is 24.1 Å². The molecule has 1 saturated heterocycles. The van der Waals surface area contributed by atoms with Crippen LogP contribution in [-0.4, -0.2) is 36.3 Å². The molecule has 4 saturated carbocycles. The van der Waals surface area contributed by atoms with Gasteiger partial charge < -0.3 is 10.2 Å². The van der Waals surface area contributed by atoms with Crippen LogP contribution in [0.2, 0.25) is 0 Å². The second-order valence-electron chi connectivity index (χ2n) is 10.2. The van der Waals surface area contributed by atoms with Crippen molar-refractivity contribution < 1.29 is 14.0 Å². The van der Waals surface area contributed by atoms with Crippen molar-refractivity contribution in [2.75, 3.05) is 19.6 Å². The van der Waals surface area contributed by atoms with Gasteiger partial charge in [0.1, 0.15) is 5.82 Å². The molecular formula is C24H31FN2O2. The minimum atomic E-state index is -0.345. The Kier molecular flexibility index (Phi) is 4.87. The fourth-order valence-corrected chi connectivity index (χ4v) is 7.08. The fraction of sp³-hybridized carbons (Fsp3) is 0.667. The number of amides is 2. The van der Waals surface area contributed by atoms with Crippen LogP contribution in [-0.2, 0) is 4.79 Å². The molecule has 1 heterocycles. The number of hydrogen-bond acceptors (Lipinski definition) is 2. The molecule has 1 N–H and O–H groups in total. The first-order valence-electron chi connectivity index (χ1n) is 11.3. The minimum absolute atomic E-state index is 0.108. The summed E-state index contributed by atoms with van der Waals surface area (Å²) in [6.45, 7) is 1.94. The van der Waals surface area contributed by atoms with Crippen molar-refractivity contribution in [3.63, 3.8) is 0 Å². The number of halogens is 1. The molecule has 6 rings (SSSR count).